The second-order valence-corrected chi connectivity index (χ2v) is 8.77. The molecule has 0 bridgehead atoms. The quantitative estimate of drug-likeness (QED) is 0.543. The number of hydrogen-bond acceptors (Lipinski definition) is 3. The number of carboxylic acids is 1. The molecule has 1 aromatic heterocycles. The molecule has 1 heterocycles. The molecule has 6 nitrogen and oxygen atoms in total. The predicted molar refractivity (Wildman–Crippen MR) is 125 cm³/mol. The Kier molecular flexibility index (Phi) is 6.88. The van der Waals surface area contributed by atoms with E-state index in [1.165, 1.54) is 32.1 Å². The Labute approximate surface area is 188 Å². The first-order valence-corrected chi connectivity index (χ1v) is 11.6. The third-order valence-electron chi connectivity index (χ3n) is 6.39. The van der Waals surface area contributed by atoms with Crippen LogP contribution in [0.2, 0.25) is 0 Å². The van der Waals surface area contributed by atoms with Gasteiger partial charge in [-0.15, -0.1) is 0 Å². The van der Waals surface area contributed by atoms with Crippen LogP contribution in [0.1, 0.15) is 67.2 Å². The topological polar surface area (TPSA) is 77.1 Å². The first-order valence-electron chi connectivity index (χ1n) is 11.6. The summed E-state index contributed by atoms with van der Waals surface area (Å²) in [6.07, 6.45) is 7.87. The molecule has 6 heteroatoms. The zero-order valence-corrected chi connectivity index (χ0v) is 18.7. The van der Waals surface area contributed by atoms with Crippen LogP contribution in [0.25, 0.3) is 11.1 Å². The summed E-state index contributed by atoms with van der Waals surface area (Å²) in [4.78, 5) is 24.7. The molecule has 3 aromatic rings. The molecule has 32 heavy (non-hydrogen) atoms. The van der Waals surface area contributed by atoms with Gasteiger partial charge in [-0.1, -0.05) is 68.7 Å². The molecule has 1 N–H and O–H groups in total. The molecule has 0 amide bonds. The summed E-state index contributed by atoms with van der Waals surface area (Å²) in [6.45, 7) is 3.29. The molecule has 1 aliphatic carbocycles. The van der Waals surface area contributed by atoms with E-state index in [9.17, 15) is 14.7 Å². The van der Waals surface area contributed by atoms with Crippen LogP contribution in [0.4, 0.5) is 0 Å². The highest BCUT2D eigenvalue weighted by Crippen LogP contribution is 2.25. The zero-order valence-electron chi connectivity index (χ0n) is 18.7. The number of aromatic carboxylic acids is 1. The summed E-state index contributed by atoms with van der Waals surface area (Å²) in [7, 11) is 0. The Morgan fingerprint density at radius 3 is 2.47 bits per heavy atom. The van der Waals surface area contributed by atoms with Crippen molar-refractivity contribution in [3.8, 4) is 11.1 Å². The number of carboxylic acid groups (broad SMARTS) is 1. The Bertz CT molecular complexity index is 1120. The minimum Gasteiger partial charge on any atom is -0.478 e. The van der Waals surface area contributed by atoms with E-state index in [0.29, 0.717) is 24.6 Å². The maximum absolute atomic E-state index is 13.1. The van der Waals surface area contributed by atoms with Gasteiger partial charge < -0.3 is 5.11 Å². The molecular weight excluding hydrogens is 402 g/mol. The van der Waals surface area contributed by atoms with Crippen molar-refractivity contribution in [3.63, 3.8) is 0 Å². The fraction of sp³-hybridized carbons (Fsp3) is 0.423. The van der Waals surface area contributed by atoms with Crippen LogP contribution in [0.15, 0.2) is 53.3 Å². The van der Waals surface area contributed by atoms with E-state index in [1.54, 1.807) is 21.4 Å². The van der Waals surface area contributed by atoms with Crippen LogP contribution in [0.3, 0.4) is 0 Å². The van der Waals surface area contributed by atoms with Crippen LogP contribution < -0.4 is 5.69 Å². The summed E-state index contributed by atoms with van der Waals surface area (Å²) < 4.78 is 3.48. The fourth-order valence-electron chi connectivity index (χ4n) is 4.68. The normalized spacial score (nSPS) is 14.5. The molecule has 1 fully saturated rings. The van der Waals surface area contributed by atoms with Gasteiger partial charge in [-0.25, -0.2) is 14.3 Å². The van der Waals surface area contributed by atoms with Gasteiger partial charge in [0.25, 0.3) is 0 Å². The SMILES string of the molecule is CCCc1nn(CC2CCCCC2)c(=O)n1Cc1ccc(-c2ccccc2C(=O)O)cc1. The molecule has 0 aliphatic heterocycles. The molecule has 0 unspecified atom stereocenters. The van der Waals surface area contributed by atoms with E-state index in [0.717, 1.165) is 29.8 Å². The van der Waals surface area contributed by atoms with Gasteiger partial charge in [0.2, 0.25) is 0 Å². The summed E-state index contributed by atoms with van der Waals surface area (Å²) in [5, 5.41) is 14.1. The minimum absolute atomic E-state index is 0.0284. The van der Waals surface area contributed by atoms with E-state index in [1.807, 2.05) is 36.4 Å². The minimum atomic E-state index is -0.939. The van der Waals surface area contributed by atoms with Crippen molar-refractivity contribution in [3.05, 3.63) is 76.0 Å². The fourth-order valence-corrected chi connectivity index (χ4v) is 4.68. The van der Waals surface area contributed by atoms with Gasteiger partial charge in [0.05, 0.1) is 12.1 Å². The number of carbonyl (C=O) groups is 1. The van der Waals surface area contributed by atoms with E-state index < -0.39 is 5.97 Å². The lowest BCUT2D eigenvalue weighted by Gasteiger charge is -2.20. The van der Waals surface area contributed by atoms with Gasteiger partial charge in [-0.05, 0) is 47.9 Å². The van der Waals surface area contributed by atoms with Gasteiger partial charge in [0, 0.05) is 13.0 Å². The number of aromatic nitrogens is 3. The lowest BCUT2D eigenvalue weighted by molar-refractivity contribution is 0.0697. The molecule has 168 valence electrons. The highest BCUT2D eigenvalue weighted by Gasteiger charge is 2.19. The standard InChI is InChI=1S/C26H31N3O3/c1-2-8-24-27-29(18-19-9-4-3-5-10-19)26(32)28(24)17-20-13-15-21(16-14-20)22-11-6-7-12-23(22)25(30)31/h6-7,11-16,19H,2-5,8-10,17-18H2,1H3,(H,30,31). The maximum atomic E-state index is 13.1. The van der Waals surface area contributed by atoms with Crippen LogP contribution in [0.5, 0.6) is 0 Å². The number of hydrogen-bond donors (Lipinski definition) is 1. The summed E-state index contributed by atoms with van der Waals surface area (Å²) in [6, 6.07) is 14.8. The number of nitrogens with zero attached hydrogens (tertiary/aromatic N) is 3. The second-order valence-electron chi connectivity index (χ2n) is 8.77. The van der Waals surface area contributed by atoms with E-state index >= 15 is 0 Å². The monoisotopic (exact) mass is 433 g/mol. The lowest BCUT2D eigenvalue weighted by Crippen LogP contribution is -2.28. The summed E-state index contributed by atoms with van der Waals surface area (Å²) >= 11 is 0. The van der Waals surface area contributed by atoms with E-state index in [-0.39, 0.29) is 11.3 Å². The Balaban J connectivity index is 1.57. The van der Waals surface area contributed by atoms with Crippen LogP contribution in [-0.2, 0) is 19.5 Å². The first-order chi connectivity index (χ1) is 15.6. The van der Waals surface area contributed by atoms with Crippen molar-refractivity contribution in [2.45, 2.75) is 65.0 Å². The average Bonchev–Trinajstić information content (AvgIpc) is 3.09. The lowest BCUT2D eigenvalue weighted by atomic mass is 9.89. The highest BCUT2D eigenvalue weighted by molar-refractivity contribution is 5.95. The Hall–Kier alpha value is -3.15. The molecule has 0 saturated heterocycles. The van der Waals surface area contributed by atoms with Crippen molar-refractivity contribution in [1.29, 1.82) is 0 Å². The third kappa shape index (κ3) is 4.85. The van der Waals surface area contributed by atoms with Crippen molar-refractivity contribution in [2.75, 3.05) is 0 Å². The maximum Gasteiger partial charge on any atom is 0.346 e. The molecule has 2 aromatic carbocycles. The zero-order chi connectivity index (χ0) is 22.5. The first kappa shape index (κ1) is 22.1. The Morgan fingerprint density at radius 2 is 1.78 bits per heavy atom. The van der Waals surface area contributed by atoms with Gasteiger partial charge >= 0.3 is 11.7 Å². The highest BCUT2D eigenvalue weighted by atomic mass is 16.4. The molecule has 1 saturated carbocycles. The van der Waals surface area contributed by atoms with Gasteiger partial charge in [-0.2, -0.15) is 5.10 Å². The van der Waals surface area contributed by atoms with Crippen molar-refractivity contribution < 1.29 is 9.90 Å². The molecule has 0 spiro atoms. The van der Waals surface area contributed by atoms with Gasteiger partial charge in [0.1, 0.15) is 5.82 Å². The average molecular weight is 434 g/mol. The smallest absolute Gasteiger partial charge is 0.346 e. The van der Waals surface area contributed by atoms with E-state index in [2.05, 4.69) is 12.0 Å². The van der Waals surface area contributed by atoms with Gasteiger partial charge in [-0.3, -0.25) is 4.57 Å². The predicted octanol–water partition coefficient (Wildman–Crippen LogP) is 4.99. The largest absolute Gasteiger partial charge is 0.478 e. The molecule has 0 radical (unpaired) electrons. The molecule has 4 rings (SSSR count). The Morgan fingerprint density at radius 1 is 1.06 bits per heavy atom. The second kappa shape index (κ2) is 9.98. The number of rotatable bonds is 8. The van der Waals surface area contributed by atoms with E-state index in [4.69, 9.17) is 0 Å². The van der Waals surface area contributed by atoms with Crippen molar-refractivity contribution in [1.82, 2.24) is 14.3 Å². The molecule has 0 atom stereocenters. The van der Waals surface area contributed by atoms with Gasteiger partial charge in [0.15, 0.2) is 0 Å². The van der Waals surface area contributed by atoms with Crippen LogP contribution >= 0.6 is 0 Å². The number of benzene rings is 2. The summed E-state index contributed by atoms with van der Waals surface area (Å²) in [5.74, 6) is 0.451. The third-order valence-corrected chi connectivity index (χ3v) is 6.39. The van der Waals surface area contributed by atoms with Crippen LogP contribution in [0, 0.1) is 5.92 Å². The van der Waals surface area contributed by atoms with Crippen LogP contribution in [-0.4, -0.2) is 25.4 Å². The molecule has 1 aliphatic rings. The van der Waals surface area contributed by atoms with Crippen molar-refractivity contribution in [2.24, 2.45) is 5.92 Å². The molecular formula is C26H31N3O3. The summed E-state index contributed by atoms with van der Waals surface area (Å²) in [5.41, 5.74) is 2.79. The number of aryl methyl sites for hydroxylation is 1. The van der Waals surface area contributed by atoms with Crippen molar-refractivity contribution >= 4 is 5.97 Å².